The molecule has 0 aliphatic carbocycles. The number of nitrogens with zero attached hydrogens (tertiary/aromatic N) is 2. The minimum atomic E-state index is 0.643. The predicted molar refractivity (Wildman–Crippen MR) is 112 cm³/mol. The molecule has 25 heavy (non-hydrogen) atoms. The first kappa shape index (κ1) is 18.3. The average Bonchev–Trinajstić information content (AvgIpc) is 3.29. The molecule has 2 aromatic rings. The summed E-state index contributed by atoms with van der Waals surface area (Å²) in [5.41, 5.74) is 1.30. The molecule has 4 nitrogen and oxygen atoms in total. The zero-order chi connectivity index (χ0) is 17.5. The van der Waals surface area contributed by atoms with Gasteiger partial charge >= 0.3 is 0 Å². The Morgan fingerprint density at radius 3 is 3.00 bits per heavy atom. The lowest BCUT2D eigenvalue weighted by atomic mass is 10.1. The van der Waals surface area contributed by atoms with E-state index in [2.05, 4.69) is 80.2 Å². The van der Waals surface area contributed by atoms with E-state index < -0.39 is 0 Å². The summed E-state index contributed by atoms with van der Waals surface area (Å²) in [6.45, 7) is 6.89. The molecule has 1 saturated heterocycles. The van der Waals surface area contributed by atoms with Gasteiger partial charge in [0.25, 0.3) is 0 Å². The molecule has 1 aromatic heterocycles. The van der Waals surface area contributed by atoms with Crippen LogP contribution in [0.1, 0.15) is 18.2 Å². The van der Waals surface area contributed by atoms with Gasteiger partial charge in [0.05, 0.1) is 6.54 Å². The molecule has 1 fully saturated rings. The second-order valence-corrected chi connectivity index (χ2v) is 8.18. The number of hydrogen-bond acceptors (Lipinski definition) is 3. The summed E-state index contributed by atoms with van der Waals surface area (Å²) in [4.78, 5) is 8.45. The fourth-order valence-corrected chi connectivity index (χ4v) is 4.06. The second kappa shape index (κ2) is 9.25. The van der Waals surface area contributed by atoms with Gasteiger partial charge in [0.1, 0.15) is 0 Å². The van der Waals surface area contributed by atoms with Crippen molar-refractivity contribution in [2.75, 3.05) is 31.1 Å². The zero-order valence-electron chi connectivity index (χ0n) is 14.5. The van der Waals surface area contributed by atoms with Gasteiger partial charge in [-0.15, -0.1) is 11.3 Å². The standard InChI is InChI=1S/C19H25BrN4S/c1-2-21-19(23-13-18-7-4-10-25-18)22-12-15-8-9-24(14-15)17-6-3-5-16(20)11-17/h3-7,10-11,15H,2,8-9,12-14H2,1H3,(H2,21,22,23). The van der Waals surface area contributed by atoms with Crippen LogP contribution < -0.4 is 15.5 Å². The number of benzene rings is 1. The molecule has 2 heterocycles. The Bertz CT molecular complexity index is 686. The van der Waals surface area contributed by atoms with Crippen molar-refractivity contribution in [3.05, 3.63) is 51.1 Å². The average molecular weight is 421 g/mol. The molecule has 1 unspecified atom stereocenters. The van der Waals surface area contributed by atoms with Crippen molar-refractivity contribution in [2.45, 2.75) is 19.9 Å². The summed E-state index contributed by atoms with van der Waals surface area (Å²) in [5.74, 6) is 1.56. The molecule has 0 radical (unpaired) electrons. The molecular weight excluding hydrogens is 396 g/mol. The molecule has 1 atom stereocenters. The molecule has 0 bridgehead atoms. The first-order valence-corrected chi connectivity index (χ1v) is 10.5. The maximum absolute atomic E-state index is 4.69. The topological polar surface area (TPSA) is 39.7 Å². The lowest BCUT2D eigenvalue weighted by Crippen LogP contribution is -2.40. The Morgan fingerprint density at radius 1 is 1.32 bits per heavy atom. The summed E-state index contributed by atoms with van der Waals surface area (Å²) in [6.07, 6.45) is 1.21. The third-order valence-corrected chi connectivity index (χ3v) is 5.69. The summed E-state index contributed by atoms with van der Waals surface area (Å²) in [5, 5.41) is 8.96. The molecule has 1 aliphatic rings. The van der Waals surface area contributed by atoms with Crippen LogP contribution in [0, 0.1) is 5.92 Å². The van der Waals surface area contributed by atoms with Gasteiger partial charge in [-0.05, 0) is 48.9 Å². The molecule has 1 aliphatic heterocycles. The van der Waals surface area contributed by atoms with Crippen LogP contribution in [0.25, 0.3) is 0 Å². The van der Waals surface area contributed by atoms with Crippen molar-refractivity contribution in [3.8, 4) is 0 Å². The number of hydrogen-bond donors (Lipinski definition) is 2. The van der Waals surface area contributed by atoms with Crippen molar-refractivity contribution in [2.24, 2.45) is 10.9 Å². The Morgan fingerprint density at radius 2 is 2.24 bits per heavy atom. The van der Waals surface area contributed by atoms with Gasteiger partial charge in [-0.3, -0.25) is 0 Å². The molecule has 6 heteroatoms. The van der Waals surface area contributed by atoms with Crippen molar-refractivity contribution >= 4 is 38.9 Å². The van der Waals surface area contributed by atoms with E-state index in [-0.39, 0.29) is 0 Å². The van der Waals surface area contributed by atoms with Crippen LogP contribution in [-0.4, -0.2) is 32.1 Å². The number of aliphatic imine (C=N–C) groups is 1. The first-order valence-electron chi connectivity index (χ1n) is 8.79. The van der Waals surface area contributed by atoms with Crippen LogP contribution >= 0.6 is 27.3 Å². The van der Waals surface area contributed by atoms with Gasteiger partial charge in [-0.25, -0.2) is 4.99 Å². The van der Waals surface area contributed by atoms with Crippen LogP contribution in [0.4, 0.5) is 5.69 Å². The third kappa shape index (κ3) is 5.47. The van der Waals surface area contributed by atoms with E-state index in [9.17, 15) is 0 Å². The lowest BCUT2D eigenvalue weighted by molar-refractivity contribution is 0.566. The van der Waals surface area contributed by atoms with E-state index in [1.807, 2.05) is 0 Å². The molecule has 0 saturated carbocycles. The number of anilines is 1. The van der Waals surface area contributed by atoms with Crippen molar-refractivity contribution in [3.63, 3.8) is 0 Å². The van der Waals surface area contributed by atoms with Crippen LogP contribution in [0.2, 0.25) is 0 Å². The third-order valence-electron chi connectivity index (χ3n) is 4.33. The Balaban J connectivity index is 1.50. The highest BCUT2D eigenvalue weighted by Crippen LogP contribution is 2.25. The maximum atomic E-state index is 4.69. The van der Waals surface area contributed by atoms with Crippen LogP contribution in [0.5, 0.6) is 0 Å². The summed E-state index contributed by atoms with van der Waals surface area (Å²) in [6, 6.07) is 12.8. The van der Waals surface area contributed by atoms with Crippen molar-refractivity contribution < 1.29 is 0 Å². The van der Waals surface area contributed by atoms with Gasteiger partial charge < -0.3 is 15.5 Å². The van der Waals surface area contributed by atoms with Gasteiger partial charge in [0, 0.05) is 41.2 Å². The number of rotatable bonds is 6. The number of thiophene rings is 1. The van der Waals surface area contributed by atoms with Crippen LogP contribution in [0.15, 0.2) is 51.2 Å². The lowest BCUT2D eigenvalue weighted by Gasteiger charge is -2.19. The molecule has 1 aromatic carbocycles. The monoisotopic (exact) mass is 420 g/mol. The highest BCUT2D eigenvalue weighted by molar-refractivity contribution is 9.10. The largest absolute Gasteiger partial charge is 0.371 e. The Hall–Kier alpha value is -1.53. The summed E-state index contributed by atoms with van der Waals surface area (Å²) >= 11 is 5.32. The van der Waals surface area contributed by atoms with E-state index in [0.717, 1.165) is 43.2 Å². The van der Waals surface area contributed by atoms with Crippen LogP contribution in [0.3, 0.4) is 0 Å². The summed E-state index contributed by atoms with van der Waals surface area (Å²) in [7, 11) is 0. The Labute approximate surface area is 162 Å². The second-order valence-electron chi connectivity index (χ2n) is 6.24. The van der Waals surface area contributed by atoms with Gasteiger partial charge in [0.2, 0.25) is 0 Å². The molecule has 0 amide bonds. The van der Waals surface area contributed by atoms with Crippen molar-refractivity contribution in [1.82, 2.24) is 10.6 Å². The maximum Gasteiger partial charge on any atom is 0.191 e. The molecular formula is C19H25BrN4S. The van der Waals surface area contributed by atoms with Gasteiger partial charge in [-0.2, -0.15) is 0 Å². The molecule has 3 rings (SSSR count). The van der Waals surface area contributed by atoms with Crippen molar-refractivity contribution in [1.29, 1.82) is 0 Å². The highest BCUT2D eigenvalue weighted by Gasteiger charge is 2.22. The zero-order valence-corrected chi connectivity index (χ0v) is 16.9. The highest BCUT2D eigenvalue weighted by atomic mass is 79.9. The molecule has 2 N–H and O–H groups in total. The number of guanidine groups is 1. The normalized spacial score (nSPS) is 17.8. The minimum Gasteiger partial charge on any atom is -0.371 e. The smallest absolute Gasteiger partial charge is 0.191 e. The minimum absolute atomic E-state index is 0.643. The fraction of sp³-hybridized carbons (Fsp3) is 0.421. The quantitative estimate of drug-likeness (QED) is 0.545. The van der Waals surface area contributed by atoms with Gasteiger partial charge in [0.15, 0.2) is 5.96 Å². The van der Waals surface area contributed by atoms with E-state index >= 15 is 0 Å². The molecule has 0 spiro atoms. The van der Waals surface area contributed by atoms with E-state index in [1.54, 1.807) is 11.3 Å². The Kier molecular flexibility index (Phi) is 6.76. The van der Waals surface area contributed by atoms with Gasteiger partial charge in [-0.1, -0.05) is 28.1 Å². The molecule has 134 valence electrons. The van der Waals surface area contributed by atoms with E-state index in [1.165, 1.54) is 17.0 Å². The van der Waals surface area contributed by atoms with Crippen LogP contribution in [-0.2, 0) is 6.54 Å². The first-order chi connectivity index (χ1) is 12.2. The number of nitrogens with one attached hydrogen (secondary N) is 2. The predicted octanol–water partition coefficient (Wildman–Crippen LogP) is 4.09. The van der Waals surface area contributed by atoms with E-state index in [0.29, 0.717) is 5.92 Å². The summed E-state index contributed by atoms with van der Waals surface area (Å²) < 4.78 is 1.14. The number of halogens is 1. The SMILES string of the molecule is CCNC(=NCc1cccs1)NCC1CCN(c2cccc(Br)c2)C1. The van der Waals surface area contributed by atoms with E-state index in [4.69, 9.17) is 4.99 Å². The fourth-order valence-electron chi connectivity index (χ4n) is 3.05.